The summed E-state index contributed by atoms with van der Waals surface area (Å²) >= 11 is 6.59. The van der Waals surface area contributed by atoms with Gasteiger partial charge in [0.1, 0.15) is 35.5 Å². The maximum Gasteiger partial charge on any atom is 0.212 e. The lowest BCUT2D eigenvalue weighted by Gasteiger charge is -2.16. The van der Waals surface area contributed by atoms with Crippen molar-refractivity contribution < 1.29 is 24.4 Å². The lowest BCUT2D eigenvalue weighted by molar-refractivity contribution is 0.00789. The van der Waals surface area contributed by atoms with Crippen molar-refractivity contribution in [3.8, 4) is 34.3 Å². The normalized spacial score (nSPS) is 23.2. The molecule has 0 bridgehead atoms. The fourth-order valence-corrected chi connectivity index (χ4v) is 4.98. The molecule has 1 aromatic carbocycles. The molecule has 36 heavy (non-hydrogen) atoms. The number of benzene rings is 1. The van der Waals surface area contributed by atoms with E-state index in [2.05, 4.69) is 16.2 Å². The fourth-order valence-electron chi connectivity index (χ4n) is 4.72. The standard InChI is InChI=1S/C25H22ClN5O5/c26-17-7-18-22(16(8-27)25(29-18)36-20-12-35-23-19(33)11-34-24(20)23)30-21(17)14-3-1-13(2-4-14)15-9-28-31(10-15)5-6-32/h1-4,7,9-10,19-20,23-24,29,32-33H,5-6,11-12H2/t19-,20-,23-,24-/m1/s1. The van der Waals surface area contributed by atoms with E-state index in [-0.39, 0.29) is 31.3 Å². The average Bonchev–Trinajstić information content (AvgIpc) is 3.65. The topological polar surface area (TPSA) is 138 Å². The van der Waals surface area contributed by atoms with Crippen LogP contribution in [0.4, 0.5) is 0 Å². The number of H-pyrrole nitrogens is 1. The molecule has 2 aliphatic heterocycles. The third kappa shape index (κ3) is 3.91. The molecular weight excluding hydrogens is 486 g/mol. The van der Waals surface area contributed by atoms with E-state index in [1.807, 2.05) is 30.5 Å². The molecule has 0 radical (unpaired) electrons. The molecule has 0 amide bonds. The Morgan fingerprint density at radius 3 is 2.72 bits per heavy atom. The Balaban J connectivity index is 1.30. The maximum atomic E-state index is 9.97. The summed E-state index contributed by atoms with van der Waals surface area (Å²) < 4.78 is 19.0. The molecule has 2 saturated heterocycles. The van der Waals surface area contributed by atoms with Crippen LogP contribution >= 0.6 is 11.6 Å². The molecule has 2 fully saturated rings. The van der Waals surface area contributed by atoms with Gasteiger partial charge in [-0.3, -0.25) is 4.68 Å². The number of halogens is 1. The van der Waals surface area contributed by atoms with Crippen LogP contribution in [0.1, 0.15) is 5.56 Å². The second-order valence-corrected chi connectivity index (χ2v) is 9.18. The van der Waals surface area contributed by atoms with Crippen LogP contribution in [-0.4, -0.2) is 74.2 Å². The number of aromatic amines is 1. The predicted molar refractivity (Wildman–Crippen MR) is 129 cm³/mol. The Bertz CT molecular complexity index is 1460. The van der Waals surface area contributed by atoms with Crippen LogP contribution in [0, 0.1) is 11.3 Å². The molecule has 0 unspecified atom stereocenters. The van der Waals surface area contributed by atoms with Crippen LogP contribution in [0.3, 0.4) is 0 Å². The molecule has 6 rings (SSSR count). The fraction of sp³-hybridized carbons (Fsp3) is 0.320. The first-order valence-corrected chi connectivity index (χ1v) is 11.9. The van der Waals surface area contributed by atoms with Crippen LogP contribution in [-0.2, 0) is 16.0 Å². The second-order valence-electron chi connectivity index (χ2n) is 8.77. The molecule has 11 heteroatoms. The highest BCUT2D eigenvalue weighted by molar-refractivity contribution is 6.33. The number of aliphatic hydroxyl groups excluding tert-OH is 2. The lowest BCUT2D eigenvalue weighted by atomic mass is 10.0. The SMILES string of the molecule is N#Cc1c(O[C@@H]2CO[C@H]3[C@@H]2OC[C@H]3O)[nH]c2cc(Cl)c(-c3ccc(-c4cnn(CCO)c4)cc3)nc12. The van der Waals surface area contributed by atoms with Crippen LogP contribution in [0.25, 0.3) is 33.4 Å². The molecule has 184 valence electrons. The van der Waals surface area contributed by atoms with Crippen LogP contribution < -0.4 is 4.74 Å². The van der Waals surface area contributed by atoms with Gasteiger partial charge in [0.15, 0.2) is 6.10 Å². The molecule has 2 aliphatic rings. The number of fused-ring (bicyclic) bond motifs is 2. The van der Waals surface area contributed by atoms with Crippen LogP contribution in [0.5, 0.6) is 5.88 Å². The van der Waals surface area contributed by atoms with Crippen molar-refractivity contribution in [2.75, 3.05) is 19.8 Å². The molecule has 4 aromatic rings. The van der Waals surface area contributed by atoms with E-state index in [0.29, 0.717) is 28.3 Å². The smallest absolute Gasteiger partial charge is 0.212 e. The monoisotopic (exact) mass is 507 g/mol. The Labute approximate surface area is 210 Å². The van der Waals surface area contributed by atoms with Crippen molar-refractivity contribution in [3.05, 3.63) is 53.3 Å². The number of rotatable bonds is 6. The zero-order valence-corrected chi connectivity index (χ0v) is 19.7. The highest BCUT2D eigenvalue weighted by Crippen LogP contribution is 2.36. The summed E-state index contributed by atoms with van der Waals surface area (Å²) in [5, 5.41) is 33.6. The van der Waals surface area contributed by atoms with Crippen molar-refractivity contribution in [1.82, 2.24) is 19.7 Å². The number of nitrogens with one attached hydrogen (secondary N) is 1. The molecule has 0 aliphatic carbocycles. The zero-order valence-electron chi connectivity index (χ0n) is 19.0. The Hall–Kier alpha value is -3.46. The minimum absolute atomic E-state index is 0.0235. The summed E-state index contributed by atoms with van der Waals surface area (Å²) in [6.07, 6.45) is 1.63. The summed E-state index contributed by atoms with van der Waals surface area (Å²) in [6.45, 7) is 0.898. The quantitative estimate of drug-likeness (QED) is 0.362. The number of hydrogen-bond acceptors (Lipinski definition) is 8. The third-order valence-electron chi connectivity index (χ3n) is 6.50. The van der Waals surface area contributed by atoms with Crippen LogP contribution in [0.2, 0.25) is 5.02 Å². The number of nitrogens with zero attached hydrogens (tertiary/aromatic N) is 4. The lowest BCUT2D eigenvalue weighted by Crippen LogP contribution is -2.34. The van der Waals surface area contributed by atoms with Crippen molar-refractivity contribution in [2.24, 2.45) is 0 Å². The molecule has 4 atom stereocenters. The summed E-state index contributed by atoms with van der Waals surface area (Å²) in [4.78, 5) is 7.81. The van der Waals surface area contributed by atoms with Crippen molar-refractivity contribution in [1.29, 1.82) is 5.26 Å². The summed E-state index contributed by atoms with van der Waals surface area (Å²) in [5.74, 6) is 0.266. The van der Waals surface area contributed by atoms with Gasteiger partial charge < -0.3 is 29.4 Å². The van der Waals surface area contributed by atoms with E-state index in [1.165, 1.54) is 0 Å². The minimum atomic E-state index is -0.687. The summed E-state index contributed by atoms with van der Waals surface area (Å²) in [5.41, 5.74) is 4.52. The number of aromatic nitrogens is 4. The molecule has 0 saturated carbocycles. The molecule has 0 spiro atoms. The minimum Gasteiger partial charge on any atom is -0.469 e. The largest absolute Gasteiger partial charge is 0.469 e. The van der Waals surface area contributed by atoms with Crippen molar-refractivity contribution in [2.45, 2.75) is 31.0 Å². The van der Waals surface area contributed by atoms with Crippen LogP contribution in [0.15, 0.2) is 42.7 Å². The van der Waals surface area contributed by atoms with E-state index in [9.17, 15) is 10.4 Å². The zero-order chi connectivity index (χ0) is 24.8. The van der Waals surface area contributed by atoms with Crippen molar-refractivity contribution >= 4 is 22.6 Å². The summed E-state index contributed by atoms with van der Waals surface area (Å²) in [7, 11) is 0. The van der Waals surface area contributed by atoms with E-state index in [1.54, 1.807) is 16.9 Å². The second kappa shape index (κ2) is 9.20. The molecule has 3 N–H and O–H groups in total. The van der Waals surface area contributed by atoms with E-state index in [0.717, 1.165) is 16.7 Å². The van der Waals surface area contributed by atoms with Gasteiger partial charge >= 0.3 is 0 Å². The maximum absolute atomic E-state index is 9.97. The van der Waals surface area contributed by atoms with Gasteiger partial charge in [0.25, 0.3) is 0 Å². The Morgan fingerprint density at radius 2 is 1.94 bits per heavy atom. The number of nitriles is 1. The van der Waals surface area contributed by atoms with Gasteiger partial charge in [0, 0.05) is 17.3 Å². The average molecular weight is 508 g/mol. The van der Waals surface area contributed by atoms with Gasteiger partial charge in [-0.05, 0) is 11.6 Å². The number of aliphatic hydroxyl groups is 2. The summed E-state index contributed by atoms with van der Waals surface area (Å²) in [6, 6.07) is 11.6. The number of hydrogen-bond donors (Lipinski definition) is 3. The van der Waals surface area contributed by atoms with Crippen molar-refractivity contribution in [3.63, 3.8) is 0 Å². The number of pyridine rings is 1. The van der Waals surface area contributed by atoms with Gasteiger partial charge in [-0.25, -0.2) is 4.98 Å². The van der Waals surface area contributed by atoms with Gasteiger partial charge in [-0.15, -0.1) is 0 Å². The molecule has 5 heterocycles. The van der Waals surface area contributed by atoms with Gasteiger partial charge in [0.05, 0.1) is 48.8 Å². The molecule has 10 nitrogen and oxygen atoms in total. The molecular formula is C25H22ClN5O5. The first-order chi connectivity index (χ1) is 17.6. The third-order valence-corrected chi connectivity index (χ3v) is 6.79. The van der Waals surface area contributed by atoms with Gasteiger partial charge in [-0.1, -0.05) is 35.9 Å². The first kappa shape index (κ1) is 23.0. The van der Waals surface area contributed by atoms with E-state index in [4.69, 9.17) is 35.9 Å². The van der Waals surface area contributed by atoms with E-state index < -0.39 is 24.4 Å². The predicted octanol–water partition coefficient (Wildman–Crippen LogP) is 2.52. The first-order valence-electron chi connectivity index (χ1n) is 11.5. The highest BCUT2D eigenvalue weighted by Gasteiger charge is 2.48. The van der Waals surface area contributed by atoms with Gasteiger partial charge in [-0.2, -0.15) is 10.4 Å². The number of ether oxygens (including phenoxy) is 3. The Morgan fingerprint density at radius 1 is 1.17 bits per heavy atom. The Kier molecular flexibility index (Phi) is 5.87. The highest BCUT2D eigenvalue weighted by atomic mass is 35.5. The van der Waals surface area contributed by atoms with E-state index >= 15 is 0 Å². The van der Waals surface area contributed by atoms with Gasteiger partial charge in [0.2, 0.25) is 5.88 Å². The molecule has 3 aromatic heterocycles.